The second-order valence-electron chi connectivity index (χ2n) is 6.44. The zero-order valence-electron chi connectivity index (χ0n) is 15.2. The molecule has 138 valence electrons. The number of rotatable bonds is 6. The van der Waals surface area contributed by atoms with Crippen LogP contribution in [-0.4, -0.2) is 31.6 Å². The van der Waals surface area contributed by atoms with Crippen LogP contribution < -0.4 is 9.47 Å². The number of halogens is 1. The van der Waals surface area contributed by atoms with Crippen LogP contribution in [0.3, 0.4) is 0 Å². The number of hydrogen-bond acceptors (Lipinski definition) is 3. The largest absolute Gasteiger partial charge is 0.497 e. The Kier molecular flexibility index (Phi) is 5.76. The van der Waals surface area contributed by atoms with Gasteiger partial charge in [0.25, 0.3) is 0 Å². The number of amides is 1. The first-order valence-corrected chi connectivity index (χ1v) is 8.89. The summed E-state index contributed by atoms with van der Waals surface area (Å²) >= 11 is 0. The lowest BCUT2D eigenvalue weighted by Gasteiger charge is -2.26. The Hall–Kier alpha value is -2.56. The van der Waals surface area contributed by atoms with E-state index in [4.69, 9.17) is 9.47 Å². The van der Waals surface area contributed by atoms with Gasteiger partial charge in [0.1, 0.15) is 17.3 Å². The van der Waals surface area contributed by atoms with E-state index in [-0.39, 0.29) is 17.8 Å². The van der Waals surface area contributed by atoms with E-state index in [0.29, 0.717) is 18.4 Å². The van der Waals surface area contributed by atoms with Gasteiger partial charge in [0.15, 0.2) is 0 Å². The van der Waals surface area contributed by atoms with Crippen molar-refractivity contribution >= 4 is 5.91 Å². The quantitative estimate of drug-likeness (QED) is 0.780. The molecule has 1 amide bonds. The van der Waals surface area contributed by atoms with Crippen molar-refractivity contribution in [1.29, 1.82) is 0 Å². The molecule has 1 aliphatic heterocycles. The third-order valence-electron chi connectivity index (χ3n) is 4.94. The minimum absolute atomic E-state index is 0.0102. The molecule has 0 saturated carbocycles. The molecule has 26 heavy (non-hydrogen) atoms. The summed E-state index contributed by atoms with van der Waals surface area (Å²) in [6.07, 6.45) is 2.56. The first kappa shape index (κ1) is 18.2. The van der Waals surface area contributed by atoms with Crippen molar-refractivity contribution in [3.8, 4) is 11.5 Å². The van der Waals surface area contributed by atoms with Gasteiger partial charge >= 0.3 is 0 Å². The highest BCUT2D eigenvalue weighted by Crippen LogP contribution is 2.39. The lowest BCUT2D eigenvalue weighted by Crippen LogP contribution is -2.31. The molecule has 1 heterocycles. The van der Waals surface area contributed by atoms with Crippen molar-refractivity contribution in [2.24, 2.45) is 0 Å². The summed E-state index contributed by atoms with van der Waals surface area (Å²) < 4.78 is 24.5. The summed E-state index contributed by atoms with van der Waals surface area (Å²) in [5, 5.41) is 0. The Bertz CT molecular complexity index is 778. The van der Waals surface area contributed by atoms with Gasteiger partial charge in [-0.05, 0) is 43.0 Å². The van der Waals surface area contributed by atoms with Gasteiger partial charge in [0.2, 0.25) is 5.91 Å². The number of nitrogens with zero attached hydrogens (tertiary/aromatic N) is 1. The van der Waals surface area contributed by atoms with Crippen molar-refractivity contribution in [2.45, 2.75) is 31.7 Å². The van der Waals surface area contributed by atoms with E-state index in [1.54, 1.807) is 32.4 Å². The van der Waals surface area contributed by atoms with E-state index in [9.17, 15) is 9.18 Å². The highest BCUT2D eigenvalue weighted by atomic mass is 19.1. The van der Waals surface area contributed by atoms with E-state index in [2.05, 4.69) is 0 Å². The number of benzene rings is 2. The lowest BCUT2D eigenvalue weighted by atomic mass is 10.0. The fraction of sp³-hybridized carbons (Fsp3) is 0.381. The molecule has 1 fully saturated rings. The predicted octanol–water partition coefficient (Wildman–Crippen LogP) is 4.14. The van der Waals surface area contributed by atoms with Crippen LogP contribution in [0.5, 0.6) is 11.5 Å². The number of methoxy groups -OCH3 is 2. The summed E-state index contributed by atoms with van der Waals surface area (Å²) in [4.78, 5) is 14.7. The van der Waals surface area contributed by atoms with Gasteiger partial charge in [0, 0.05) is 24.6 Å². The molecule has 0 radical (unpaired) electrons. The van der Waals surface area contributed by atoms with Gasteiger partial charge < -0.3 is 14.4 Å². The summed E-state index contributed by atoms with van der Waals surface area (Å²) in [6, 6.07) is 12.3. The molecule has 2 aromatic rings. The minimum atomic E-state index is -0.255. The fourth-order valence-corrected chi connectivity index (χ4v) is 3.57. The third kappa shape index (κ3) is 3.82. The third-order valence-corrected chi connectivity index (χ3v) is 4.94. The average molecular weight is 357 g/mol. The summed E-state index contributed by atoms with van der Waals surface area (Å²) in [7, 11) is 3.24. The molecule has 2 aromatic carbocycles. The van der Waals surface area contributed by atoms with Crippen molar-refractivity contribution in [3.63, 3.8) is 0 Å². The smallest absolute Gasteiger partial charge is 0.223 e. The maximum Gasteiger partial charge on any atom is 0.223 e. The van der Waals surface area contributed by atoms with Crippen LogP contribution in [0, 0.1) is 5.82 Å². The van der Waals surface area contributed by atoms with Crippen LogP contribution in [-0.2, 0) is 11.2 Å². The highest BCUT2D eigenvalue weighted by Gasteiger charge is 2.31. The zero-order valence-corrected chi connectivity index (χ0v) is 15.2. The average Bonchev–Trinajstić information content (AvgIpc) is 3.16. The second kappa shape index (κ2) is 8.21. The SMILES string of the molecule is COc1ccc(C2CCCN2C(=O)CCc2ccccc2F)c(OC)c1. The molecule has 1 saturated heterocycles. The molecule has 0 spiro atoms. The monoisotopic (exact) mass is 357 g/mol. The molecule has 0 N–H and O–H groups in total. The van der Waals surface area contributed by atoms with Gasteiger partial charge in [-0.3, -0.25) is 4.79 Å². The molecule has 0 aromatic heterocycles. The highest BCUT2D eigenvalue weighted by molar-refractivity contribution is 5.77. The summed E-state index contributed by atoms with van der Waals surface area (Å²) in [5.74, 6) is 1.24. The van der Waals surface area contributed by atoms with E-state index in [1.165, 1.54) is 6.07 Å². The minimum Gasteiger partial charge on any atom is -0.497 e. The summed E-state index contributed by atoms with van der Waals surface area (Å²) in [5.41, 5.74) is 1.57. The molecule has 3 rings (SSSR count). The van der Waals surface area contributed by atoms with Gasteiger partial charge in [-0.1, -0.05) is 18.2 Å². The fourth-order valence-electron chi connectivity index (χ4n) is 3.57. The van der Waals surface area contributed by atoms with Crippen molar-refractivity contribution in [1.82, 2.24) is 4.90 Å². The molecule has 1 unspecified atom stereocenters. The Morgan fingerprint density at radius 3 is 2.73 bits per heavy atom. The maximum atomic E-state index is 13.8. The number of aryl methyl sites for hydroxylation is 1. The van der Waals surface area contributed by atoms with Crippen LogP contribution in [0.1, 0.15) is 36.4 Å². The molecular weight excluding hydrogens is 333 g/mol. The van der Waals surface area contributed by atoms with Gasteiger partial charge in [-0.2, -0.15) is 0 Å². The van der Waals surface area contributed by atoms with Crippen LogP contribution >= 0.6 is 0 Å². The number of hydrogen-bond donors (Lipinski definition) is 0. The first-order chi connectivity index (χ1) is 12.6. The Morgan fingerprint density at radius 2 is 2.00 bits per heavy atom. The standard InChI is InChI=1S/C21H24FNO3/c1-25-16-10-11-17(20(14-16)26-2)19-8-5-13-23(19)21(24)12-9-15-6-3-4-7-18(15)22/h3-4,6-7,10-11,14,19H,5,8-9,12-13H2,1-2H3. The topological polar surface area (TPSA) is 38.8 Å². The molecule has 1 atom stereocenters. The maximum absolute atomic E-state index is 13.8. The molecule has 1 aliphatic rings. The van der Waals surface area contributed by atoms with Crippen LogP contribution in [0.2, 0.25) is 0 Å². The number of carbonyl (C=O) groups excluding carboxylic acids is 1. The van der Waals surface area contributed by atoms with Crippen molar-refractivity contribution in [2.75, 3.05) is 20.8 Å². The molecule has 4 nitrogen and oxygen atoms in total. The Labute approximate surface area is 153 Å². The van der Waals surface area contributed by atoms with E-state index < -0.39 is 0 Å². The number of likely N-dealkylation sites (tertiary alicyclic amines) is 1. The van der Waals surface area contributed by atoms with Gasteiger partial charge in [0.05, 0.1) is 20.3 Å². The van der Waals surface area contributed by atoms with Crippen molar-refractivity contribution in [3.05, 3.63) is 59.4 Å². The van der Waals surface area contributed by atoms with Crippen molar-refractivity contribution < 1.29 is 18.7 Å². The van der Waals surface area contributed by atoms with Crippen LogP contribution in [0.4, 0.5) is 4.39 Å². The van der Waals surface area contributed by atoms with Gasteiger partial charge in [-0.25, -0.2) is 4.39 Å². The molecular formula is C21H24FNO3. The molecule has 0 bridgehead atoms. The number of carbonyl (C=O) groups is 1. The Balaban J connectivity index is 1.73. The van der Waals surface area contributed by atoms with Crippen LogP contribution in [0.25, 0.3) is 0 Å². The summed E-state index contributed by atoms with van der Waals surface area (Å²) in [6.45, 7) is 0.718. The zero-order chi connectivity index (χ0) is 18.5. The normalized spacial score (nSPS) is 16.6. The van der Waals surface area contributed by atoms with Gasteiger partial charge in [-0.15, -0.1) is 0 Å². The predicted molar refractivity (Wildman–Crippen MR) is 98.0 cm³/mol. The second-order valence-corrected chi connectivity index (χ2v) is 6.44. The lowest BCUT2D eigenvalue weighted by molar-refractivity contribution is -0.132. The first-order valence-electron chi connectivity index (χ1n) is 8.89. The van der Waals surface area contributed by atoms with E-state index >= 15 is 0 Å². The van der Waals surface area contributed by atoms with E-state index in [1.807, 2.05) is 23.1 Å². The van der Waals surface area contributed by atoms with Crippen LogP contribution in [0.15, 0.2) is 42.5 Å². The number of ether oxygens (including phenoxy) is 2. The molecule has 0 aliphatic carbocycles. The van der Waals surface area contributed by atoms with E-state index in [0.717, 1.165) is 36.4 Å². The molecule has 5 heteroatoms. The Morgan fingerprint density at radius 1 is 1.19 bits per heavy atom.